The maximum Gasteiger partial charge on any atom is 0.311 e. The molecular weight excluding hydrogens is 436 g/mol. The number of amides is 2. The fourth-order valence-electron chi connectivity index (χ4n) is 4.30. The minimum absolute atomic E-state index is 0.0751. The van der Waals surface area contributed by atoms with Gasteiger partial charge in [0.2, 0.25) is 5.54 Å². The van der Waals surface area contributed by atoms with E-state index in [4.69, 9.17) is 4.84 Å². The Balaban J connectivity index is 2.14. The van der Waals surface area contributed by atoms with Crippen LogP contribution in [0.4, 0.5) is 4.79 Å². The van der Waals surface area contributed by atoms with Gasteiger partial charge in [-0.3, -0.25) is 19.6 Å². The third-order valence-electron chi connectivity index (χ3n) is 5.48. The van der Waals surface area contributed by atoms with Crippen LogP contribution in [-0.4, -0.2) is 74.5 Å². The van der Waals surface area contributed by atoms with Crippen molar-refractivity contribution < 1.29 is 27.5 Å². The van der Waals surface area contributed by atoms with Gasteiger partial charge in [0.15, 0.2) is 0 Å². The number of rotatable bonds is 6. The number of nitrogens with one attached hydrogen (secondary N) is 2. The SMILES string of the molecule is CNSC(=O)NC(=O)C1([N+]2(OC)CCSCC2)C(N=S(=O)=O)C1c1ccccc1. The van der Waals surface area contributed by atoms with Gasteiger partial charge in [0.25, 0.3) is 5.91 Å². The summed E-state index contributed by atoms with van der Waals surface area (Å²) in [6, 6.07) is 8.31. The molecule has 1 aliphatic heterocycles. The number of nitrogens with zero attached hydrogens (tertiary/aromatic N) is 2. The molecule has 2 fully saturated rings. The molecule has 0 aromatic heterocycles. The van der Waals surface area contributed by atoms with Crippen molar-refractivity contribution in [2.24, 2.45) is 4.36 Å². The number of hydrogen-bond donors (Lipinski definition) is 2. The Morgan fingerprint density at radius 3 is 2.48 bits per heavy atom. The van der Waals surface area contributed by atoms with Gasteiger partial charge in [0.05, 0.1) is 13.0 Å². The van der Waals surface area contributed by atoms with Crippen LogP contribution < -0.4 is 10.0 Å². The summed E-state index contributed by atoms with van der Waals surface area (Å²) in [5.74, 6) is 0.386. The topological polar surface area (TPSA) is 114 Å². The molecule has 3 unspecified atom stereocenters. The molecule has 2 aliphatic rings. The molecule has 3 rings (SSSR count). The van der Waals surface area contributed by atoms with E-state index in [1.54, 1.807) is 18.8 Å². The number of thioether (sulfide) groups is 1. The van der Waals surface area contributed by atoms with Crippen LogP contribution in [0.25, 0.3) is 0 Å². The molecule has 1 saturated carbocycles. The highest BCUT2D eigenvalue weighted by atomic mass is 32.2. The summed E-state index contributed by atoms with van der Waals surface area (Å²) < 4.78 is 29.4. The van der Waals surface area contributed by atoms with E-state index >= 15 is 0 Å². The zero-order valence-electron chi connectivity index (χ0n) is 16.0. The molecule has 9 nitrogen and oxygen atoms in total. The van der Waals surface area contributed by atoms with Gasteiger partial charge in [0, 0.05) is 23.5 Å². The van der Waals surface area contributed by atoms with E-state index in [0.717, 1.165) is 29.0 Å². The average Bonchev–Trinajstić information content (AvgIpc) is 3.38. The van der Waals surface area contributed by atoms with Crippen molar-refractivity contribution >= 4 is 45.4 Å². The third kappa shape index (κ3) is 3.97. The molecule has 2 N–H and O–H groups in total. The average molecular weight is 460 g/mol. The van der Waals surface area contributed by atoms with Crippen molar-refractivity contribution in [3.63, 3.8) is 0 Å². The highest BCUT2D eigenvalue weighted by molar-refractivity contribution is 8.11. The standard InChI is InChI=1S/C17H22N4O5S3/c1-18-28-16(23)19-15(22)17(21(26-2)8-10-27-11-9-21)13(14(17)20-29(24)25)12-6-4-3-5-7-12/h3-7,13-14,18H,8-11H2,1-2H3/p+1. The van der Waals surface area contributed by atoms with Crippen molar-refractivity contribution in [3.8, 4) is 0 Å². The van der Waals surface area contributed by atoms with Crippen LogP contribution in [0.2, 0.25) is 0 Å². The first-order valence-electron chi connectivity index (χ1n) is 8.97. The Hall–Kier alpha value is -1.44. The number of hydrogen-bond acceptors (Lipinski definition) is 9. The Morgan fingerprint density at radius 2 is 1.93 bits per heavy atom. The van der Waals surface area contributed by atoms with Crippen LogP contribution in [0, 0.1) is 0 Å². The van der Waals surface area contributed by atoms with Gasteiger partial charge < -0.3 is 0 Å². The molecule has 1 aromatic carbocycles. The predicted molar refractivity (Wildman–Crippen MR) is 112 cm³/mol. The predicted octanol–water partition coefficient (Wildman–Crippen LogP) is 1.18. The lowest BCUT2D eigenvalue weighted by atomic mass is 10.0. The summed E-state index contributed by atoms with van der Waals surface area (Å²) in [4.78, 5) is 31.6. The summed E-state index contributed by atoms with van der Waals surface area (Å²) in [5.41, 5.74) is -0.565. The largest absolute Gasteiger partial charge is 0.311 e. The summed E-state index contributed by atoms with van der Waals surface area (Å²) in [5, 5.41) is 1.83. The van der Waals surface area contributed by atoms with Gasteiger partial charge >= 0.3 is 15.7 Å². The molecule has 158 valence electrons. The van der Waals surface area contributed by atoms with E-state index in [2.05, 4.69) is 14.4 Å². The lowest BCUT2D eigenvalue weighted by Crippen LogP contribution is -2.67. The maximum absolute atomic E-state index is 13.5. The fourth-order valence-corrected chi connectivity index (χ4v) is 6.14. The minimum Gasteiger partial charge on any atom is -0.280 e. The van der Waals surface area contributed by atoms with Crippen molar-refractivity contribution in [3.05, 3.63) is 35.9 Å². The molecule has 0 spiro atoms. The van der Waals surface area contributed by atoms with E-state index in [0.29, 0.717) is 13.1 Å². The number of carbonyl (C=O) groups is 2. The molecule has 2 amide bonds. The van der Waals surface area contributed by atoms with Gasteiger partial charge in [-0.2, -0.15) is 17.4 Å². The molecule has 1 saturated heterocycles. The van der Waals surface area contributed by atoms with Crippen molar-refractivity contribution in [1.82, 2.24) is 10.0 Å². The first kappa shape index (κ1) is 22.2. The van der Waals surface area contributed by atoms with E-state index in [1.807, 2.05) is 30.3 Å². The Kier molecular flexibility index (Phi) is 7.02. The second-order valence-corrected chi connectivity index (χ2v) is 9.51. The van der Waals surface area contributed by atoms with Crippen LogP contribution in [0.15, 0.2) is 34.7 Å². The van der Waals surface area contributed by atoms with Gasteiger partial charge in [0.1, 0.15) is 19.1 Å². The number of benzene rings is 1. The van der Waals surface area contributed by atoms with Gasteiger partial charge in [-0.1, -0.05) is 30.3 Å². The van der Waals surface area contributed by atoms with E-state index in [9.17, 15) is 18.0 Å². The number of hydroxylamine groups is 3. The molecule has 12 heteroatoms. The second kappa shape index (κ2) is 9.14. The van der Waals surface area contributed by atoms with Crippen molar-refractivity contribution in [1.29, 1.82) is 0 Å². The summed E-state index contributed by atoms with van der Waals surface area (Å²) >= 11 is 2.49. The lowest BCUT2D eigenvalue weighted by molar-refractivity contribution is -1.12. The molecule has 1 aliphatic carbocycles. The fraction of sp³-hybridized carbons (Fsp3) is 0.529. The number of imide groups is 1. The van der Waals surface area contributed by atoms with Crippen LogP contribution >= 0.6 is 23.7 Å². The Labute approximate surface area is 179 Å². The molecule has 3 atom stereocenters. The first-order chi connectivity index (χ1) is 13.9. The lowest BCUT2D eigenvalue weighted by Gasteiger charge is -2.43. The monoisotopic (exact) mass is 459 g/mol. The number of carbonyl (C=O) groups excluding carboxylic acids is 2. The van der Waals surface area contributed by atoms with Gasteiger partial charge in [-0.25, -0.2) is 4.84 Å². The minimum atomic E-state index is -2.71. The molecule has 1 heterocycles. The first-order valence-corrected chi connectivity index (χ1v) is 12.0. The van der Waals surface area contributed by atoms with Crippen LogP contribution in [0.1, 0.15) is 11.5 Å². The molecule has 0 radical (unpaired) electrons. The third-order valence-corrected chi connectivity index (χ3v) is 7.31. The Morgan fingerprint density at radius 1 is 1.28 bits per heavy atom. The summed E-state index contributed by atoms with van der Waals surface area (Å²) in [7, 11) is 0.372. The highest BCUT2D eigenvalue weighted by Gasteiger charge is 2.84. The summed E-state index contributed by atoms with van der Waals surface area (Å²) in [6.07, 6.45) is 0. The molecule has 0 bridgehead atoms. The van der Waals surface area contributed by atoms with Gasteiger partial charge in [-0.15, -0.1) is 11.8 Å². The zero-order valence-corrected chi connectivity index (χ0v) is 18.5. The maximum atomic E-state index is 13.5. The van der Waals surface area contributed by atoms with Crippen LogP contribution in [-0.2, 0) is 20.1 Å². The smallest absolute Gasteiger partial charge is 0.280 e. The van der Waals surface area contributed by atoms with E-state index in [-0.39, 0.29) is 4.65 Å². The van der Waals surface area contributed by atoms with Crippen molar-refractivity contribution in [2.75, 3.05) is 38.8 Å². The van der Waals surface area contributed by atoms with Gasteiger partial charge in [-0.05, 0) is 12.6 Å². The molecule has 29 heavy (non-hydrogen) atoms. The van der Waals surface area contributed by atoms with Crippen molar-refractivity contribution in [2.45, 2.75) is 17.5 Å². The molecule has 1 aromatic rings. The zero-order chi connectivity index (χ0) is 21.1. The highest BCUT2D eigenvalue weighted by Crippen LogP contribution is 2.61. The quantitative estimate of drug-likeness (QED) is 0.482. The second-order valence-electron chi connectivity index (χ2n) is 6.66. The Bertz CT molecular complexity index is 897. The van der Waals surface area contributed by atoms with E-state index < -0.39 is 39.1 Å². The number of quaternary nitrogens is 1. The van der Waals surface area contributed by atoms with Crippen LogP contribution in [0.3, 0.4) is 0 Å². The van der Waals surface area contributed by atoms with Crippen LogP contribution in [0.5, 0.6) is 0 Å². The molecular formula is C17H23N4O5S3+. The normalized spacial score (nSPS) is 27.7. The summed E-state index contributed by atoms with van der Waals surface area (Å²) in [6.45, 7) is 1.01. The van der Waals surface area contributed by atoms with E-state index in [1.165, 1.54) is 7.11 Å².